The zero-order valence-corrected chi connectivity index (χ0v) is 16.1. The van der Waals surface area contributed by atoms with Crippen molar-refractivity contribution >= 4 is 0 Å². The van der Waals surface area contributed by atoms with Gasteiger partial charge in [-0.3, -0.25) is 14.9 Å². The van der Waals surface area contributed by atoms with Gasteiger partial charge in [-0.1, -0.05) is 36.4 Å². The van der Waals surface area contributed by atoms with E-state index in [2.05, 4.69) is 63.6 Å². The number of aromatic nitrogens is 2. The Balaban J connectivity index is 1.44. The topological polar surface area (TPSA) is 61.3 Å². The van der Waals surface area contributed by atoms with Crippen LogP contribution in [0.2, 0.25) is 0 Å². The maximum atomic E-state index is 9.74. The molecule has 2 aromatic heterocycles. The summed E-state index contributed by atoms with van der Waals surface area (Å²) in [6.45, 7) is 1.87. The van der Waals surface area contributed by atoms with Crippen LogP contribution in [-0.4, -0.2) is 52.3 Å². The third-order valence-electron chi connectivity index (χ3n) is 5.45. The van der Waals surface area contributed by atoms with E-state index in [0.717, 1.165) is 29.9 Å². The first-order valence-electron chi connectivity index (χ1n) is 9.70. The highest BCUT2D eigenvalue weighted by molar-refractivity contribution is 5.62. The first-order chi connectivity index (χ1) is 13.7. The van der Waals surface area contributed by atoms with Crippen LogP contribution >= 0.6 is 0 Å². The van der Waals surface area contributed by atoms with E-state index in [4.69, 9.17) is 0 Å². The second kappa shape index (κ2) is 8.61. The minimum absolute atomic E-state index is 0.109. The van der Waals surface area contributed by atoms with Crippen molar-refractivity contribution in [3.05, 3.63) is 84.4 Å². The maximum absolute atomic E-state index is 9.74. The molecule has 0 bridgehead atoms. The molecule has 1 fully saturated rings. The van der Waals surface area contributed by atoms with E-state index >= 15 is 0 Å². The van der Waals surface area contributed by atoms with Gasteiger partial charge in [-0.15, -0.1) is 0 Å². The van der Waals surface area contributed by atoms with Gasteiger partial charge in [-0.2, -0.15) is 0 Å². The Morgan fingerprint density at radius 1 is 0.964 bits per heavy atom. The van der Waals surface area contributed by atoms with Gasteiger partial charge in [-0.25, -0.2) is 0 Å². The third kappa shape index (κ3) is 4.12. The lowest BCUT2D eigenvalue weighted by atomic mass is 9.77. The molecule has 0 amide bonds. The van der Waals surface area contributed by atoms with Crippen molar-refractivity contribution in [2.45, 2.75) is 24.5 Å². The van der Waals surface area contributed by atoms with E-state index < -0.39 is 0 Å². The normalized spacial score (nSPS) is 21.5. The number of hydrogen-bond donors (Lipinski definition) is 2. The number of nitrogens with zero attached hydrogens (tertiary/aromatic N) is 3. The van der Waals surface area contributed by atoms with Gasteiger partial charge in [0.1, 0.15) is 0 Å². The smallest absolute Gasteiger partial charge is 0.0591 e. The number of likely N-dealkylation sites (N-methyl/N-ethyl adjacent to an activating group) is 1. The average Bonchev–Trinajstić information content (AvgIpc) is 2.73. The fourth-order valence-electron chi connectivity index (χ4n) is 4.04. The van der Waals surface area contributed by atoms with Crippen LogP contribution in [0.5, 0.6) is 0 Å². The molecule has 1 aliphatic rings. The van der Waals surface area contributed by atoms with Crippen LogP contribution in [0.15, 0.2) is 73.2 Å². The van der Waals surface area contributed by atoms with E-state index in [0.29, 0.717) is 12.0 Å². The number of benzene rings is 1. The molecule has 28 heavy (non-hydrogen) atoms. The standard InChI is InChI=1S/C23H26N4O/c1-27(14-20-6-2-3-12-25-20)15-21-23(22(16-28)26-21)18-9-7-17(8-10-18)19-5-4-11-24-13-19/h2-13,21-23,26,28H,14-16H2,1H3/t21-,22+,23+/m0/s1. The second-order valence-electron chi connectivity index (χ2n) is 7.47. The van der Waals surface area contributed by atoms with Crippen molar-refractivity contribution in [2.24, 2.45) is 0 Å². The summed E-state index contributed by atoms with van der Waals surface area (Å²) in [7, 11) is 2.12. The second-order valence-corrected chi connectivity index (χ2v) is 7.47. The molecule has 1 aromatic carbocycles. The molecule has 1 aliphatic heterocycles. The summed E-state index contributed by atoms with van der Waals surface area (Å²) < 4.78 is 0. The number of rotatable bonds is 7. The molecule has 5 nitrogen and oxygen atoms in total. The number of pyridine rings is 2. The number of hydrogen-bond acceptors (Lipinski definition) is 5. The van der Waals surface area contributed by atoms with E-state index in [-0.39, 0.29) is 12.6 Å². The zero-order valence-electron chi connectivity index (χ0n) is 16.1. The molecule has 2 N–H and O–H groups in total. The van der Waals surface area contributed by atoms with Gasteiger partial charge in [0, 0.05) is 49.7 Å². The Labute approximate surface area is 166 Å². The highest BCUT2D eigenvalue weighted by Gasteiger charge is 2.41. The Kier molecular flexibility index (Phi) is 5.76. The van der Waals surface area contributed by atoms with Crippen molar-refractivity contribution in [2.75, 3.05) is 20.2 Å². The molecule has 3 atom stereocenters. The monoisotopic (exact) mass is 374 g/mol. The predicted molar refractivity (Wildman–Crippen MR) is 111 cm³/mol. The maximum Gasteiger partial charge on any atom is 0.0591 e. The summed E-state index contributed by atoms with van der Waals surface area (Å²) in [6.07, 6.45) is 5.50. The molecule has 4 rings (SSSR count). The van der Waals surface area contributed by atoms with Crippen molar-refractivity contribution in [1.29, 1.82) is 0 Å². The lowest BCUT2D eigenvalue weighted by Crippen LogP contribution is -2.64. The van der Waals surface area contributed by atoms with Gasteiger partial charge in [0.05, 0.1) is 12.3 Å². The van der Waals surface area contributed by atoms with Crippen molar-refractivity contribution in [1.82, 2.24) is 20.2 Å². The van der Waals surface area contributed by atoms with E-state index in [1.807, 2.05) is 30.6 Å². The summed E-state index contributed by atoms with van der Waals surface area (Å²) in [5, 5.41) is 13.3. The molecule has 0 radical (unpaired) electrons. The lowest BCUT2D eigenvalue weighted by molar-refractivity contribution is 0.103. The lowest BCUT2D eigenvalue weighted by Gasteiger charge is -2.47. The number of aliphatic hydroxyl groups is 1. The summed E-state index contributed by atoms with van der Waals surface area (Å²) in [4.78, 5) is 10.9. The highest BCUT2D eigenvalue weighted by atomic mass is 16.3. The van der Waals surface area contributed by atoms with Crippen molar-refractivity contribution < 1.29 is 5.11 Å². The SMILES string of the molecule is CN(Cc1ccccn1)C[C@@H]1N[C@H](CO)[C@@H]1c1ccc(-c2cccnc2)cc1. The van der Waals surface area contributed by atoms with Crippen LogP contribution in [-0.2, 0) is 6.54 Å². The molecule has 3 heterocycles. The van der Waals surface area contributed by atoms with Crippen LogP contribution in [0.1, 0.15) is 17.2 Å². The van der Waals surface area contributed by atoms with Crippen molar-refractivity contribution in [3.8, 4) is 11.1 Å². The molecule has 0 aliphatic carbocycles. The molecule has 144 valence electrons. The minimum atomic E-state index is 0.109. The Morgan fingerprint density at radius 2 is 1.82 bits per heavy atom. The van der Waals surface area contributed by atoms with E-state index in [1.165, 1.54) is 5.56 Å². The van der Waals surface area contributed by atoms with Gasteiger partial charge < -0.3 is 10.4 Å². The molecule has 1 saturated heterocycles. The largest absolute Gasteiger partial charge is 0.395 e. The fourth-order valence-corrected chi connectivity index (χ4v) is 4.04. The van der Waals surface area contributed by atoms with Gasteiger partial charge in [0.2, 0.25) is 0 Å². The fraction of sp³-hybridized carbons (Fsp3) is 0.304. The number of aliphatic hydroxyl groups excluding tert-OH is 1. The molecule has 0 spiro atoms. The molecular formula is C23H26N4O. The predicted octanol–water partition coefficient (Wildman–Crippen LogP) is 2.69. The first-order valence-corrected chi connectivity index (χ1v) is 9.70. The van der Waals surface area contributed by atoms with Crippen LogP contribution in [0.25, 0.3) is 11.1 Å². The molecule has 3 aromatic rings. The van der Waals surface area contributed by atoms with Crippen molar-refractivity contribution in [3.63, 3.8) is 0 Å². The van der Waals surface area contributed by atoms with E-state index in [1.54, 1.807) is 6.20 Å². The van der Waals surface area contributed by atoms with Crippen LogP contribution in [0, 0.1) is 0 Å². The molecule has 0 saturated carbocycles. The molecule has 5 heteroatoms. The van der Waals surface area contributed by atoms with Crippen LogP contribution in [0.3, 0.4) is 0 Å². The Bertz CT molecular complexity index is 870. The van der Waals surface area contributed by atoms with Gasteiger partial charge in [0.25, 0.3) is 0 Å². The third-order valence-corrected chi connectivity index (χ3v) is 5.45. The average molecular weight is 374 g/mol. The first kappa shape index (κ1) is 18.7. The quantitative estimate of drug-likeness (QED) is 0.666. The van der Waals surface area contributed by atoms with E-state index in [9.17, 15) is 5.11 Å². The highest BCUT2D eigenvalue weighted by Crippen LogP contribution is 2.33. The molecule has 0 unspecified atom stereocenters. The van der Waals surface area contributed by atoms with Crippen LogP contribution in [0.4, 0.5) is 0 Å². The van der Waals surface area contributed by atoms with Gasteiger partial charge >= 0.3 is 0 Å². The molecular weight excluding hydrogens is 348 g/mol. The Morgan fingerprint density at radius 3 is 2.50 bits per heavy atom. The summed E-state index contributed by atoms with van der Waals surface area (Å²) in [6, 6.07) is 19.1. The van der Waals surface area contributed by atoms with Crippen LogP contribution < -0.4 is 5.32 Å². The summed E-state index contributed by atoms with van der Waals surface area (Å²) in [5.41, 5.74) is 4.61. The summed E-state index contributed by atoms with van der Waals surface area (Å²) >= 11 is 0. The van der Waals surface area contributed by atoms with Gasteiger partial charge in [-0.05, 0) is 41.9 Å². The summed E-state index contributed by atoms with van der Waals surface area (Å²) in [5.74, 6) is 0.305. The van der Waals surface area contributed by atoms with Gasteiger partial charge in [0.15, 0.2) is 0 Å². The number of nitrogens with one attached hydrogen (secondary N) is 1. The minimum Gasteiger partial charge on any atom is -0.395 e. The Hall–Kier alpha value is -2.60. The zero-order chi connectivity index (χ0) is 19.3.